The quantitative estimate of drug-likeness (QED) is 0.479. The molecule has 0 aliphatic carbocycles. The molecular weight excluding hydrogens is 212 g/mol. The van der Waals surface area contributed by atoms with Gasteiger partial charge in [0.15, 0.2) is 5.78 Å². The molecule has 1 rings (SSSR count). The van der Waals surface area contributed by atoms with E-state index in [0.29, 0.717) is 6.61 Å². The Hall–Kier alpha value is -1.15. The van der Waals surface area contributed by atoms with Crippen LogP contribution in [-0.2, 0) is 4.74 Å². The van der Waals surface area contributed by atoms with E-state index in [1.807, 2.05) is 30.3 Å². The Labute approximate surface area is 104 Å². The first-order chi connectivity index (χ1) is 8.34. The van der Waals surface area contributed by atoms with Crippen LogP contribution in [0.5, 0.6) is 0 Å². The van der Waals surface area contributed by atoms with E-state index in [2.05, 4.69) is 6.92 Å². The predicted molar refractivity (Wildman–Crippen MR) is 70.4 cm³/mol. The Morgan fingerprint density at radius 3 is 2.47 bits per heavy atom. The molecule has 0 unspecified atom stereocenters. The molecule has 0 spiro atoms. The molecule has 2 heteroatoms. The van der Waals surface area contributed by atoms with E-state index in [9.17, 15) is 4.79 Å². The van der Waals surface area contributed by atoms with Crippen molar-refractivity contribution in [1.29, 1.82) is 0 Å². The summed E-state index contributed by atoms with van der Waals surface area (Å²) in [6.45, 7) is 3.11. The van der Waals surface area contributed by atoms with Gasteiger partial charge >= 0.3 is 0 Å². The second-order valence-corrected chi connectivity index (χ2v) is 4.26. The van der Waals surface area contributed by atoms with Crippen LogP contribution in [0, 0.1) is 0 Å². The van der Waals surface area contributed by atoms with Crippen molar-refractivity contribution in [2.75, 3.05) is 13.2 Å². The maximum atomic E-state index is 11.7. The standard InChI is InChI=1S/C15H22O2/c1-2-3-4-5-9-12-17-13-15(16)14-10-7-6-8-11-14/h6-8,10-11H,2-5,9,12-13H2,1H3. The number of hydrogen-bond acceptors (Lipinski definition) is 2. The maximum absolute atomic E-state index is 11.7. The second-order valence-electron chi connectivity index (χ2n) is 4.26. The van der Waals surface area contributed by atoms with Crippen molar-refractivity contribution >= 4 is 5.78 Å². The van der Waals surface area contributed by atoms with Gasteiger partial charge in [-0.05, 0) is 6.42 Å². The van der Waals surface area contributed by atoms with E-state index in [4.69, 9.17) is 4.74 Å². The van der Waals surface area contributed by atoms with Gasteiger partial charge in [0, 0.05) is 12.2 Å². The van der Waals surface area contributed by atoms with Crippen LogP contribution in [0.4, 0.5) is 0 Å². The smallest absolute Gasteiger partial charge is 0.188 e. The molecule has 0 fully saturated rings. The van der Waals surface area contributed by atoms with Gasteiger partial charge in [0.05, 0.1) is 0 Å². The molecule has 0 aliphatic rings. The molecule has 0 aromatic heterocycles. The van der Waals surface area contributed by atoms with E-state index >= 15 is 0 Å². The molecule has 0 amide bonds. The Morgan fingerprint density at radius 1 is 1.06 bits per heavy atom. The van der Waals surface area contributed by atoms with Gasteiger partial charge in [0.2, 0.25) is 0 Å². The minimum atomic E-state index is 0.0687. The number of ether oxygens (including phenoxy) is 1. The zero-order chi connectivity index (χ0) is 12.3. The number of carbonyl (C=O) groups excluding carboxylic acids is 1. The lowest BCUT2D eigenvalue weighted by Crippen LogP contribution is -2.09. The van der Waals surface area contributed by atoms with Crippen LogP contribution in [0.25, 0.3) is 0 Å². The number of benzene rings is 1. The summed E-state index contributed by atoms with van der Waals surface area (Å²) >= 11 is 0. The highest BCUT2D eigenvalue weighted by Gasteiger charge is 2.04. The zero-order valence-corrected chi connectivity index (χ0v) is 10.7. The lowest BCUT2D eigenvalue weighted by Gasteiger charge is -2.03. The average molecular weight is 234 g/mol. The second kappa shape index (κ2) is 8.94. The highest BCUT2D eigenvalue weighted by atomic mass is 16.5. The molecule has 2 nitrogen and oxygen atoms in total. The van der Waals surface area contributed by atoms with Gasteiger partial charge in [-0.3, -0.25) is 4.79 Å². The normalized spacial score (nSPS) is 10.4. The summed E-state index contributed by atoms with van der Waals surface area (Å²) < 4.78 is 5.38. The van der Waals surface area contributed by atoms with Crippen molar-refractivity contribution < 1.29 is 9.53 Å². The van der Waals surface area contributed by atoms with Gasteiger partial charge in [0.1, 0.15) is 6.61 Å². The van der Waals surface area contributed by atoms with Gasteiger partial charge in [-0.2, -0.15) is 0 Å². The van der Waals surface area contributed by atoms with Crippen molar-refractivity contribution in [2.24, 2.45) is 0 Å². The summed E-state index contributed by atoms with van der Waals surface area (Å²) in [7, 11) is 0. The van der Waals surface area contributed by atoms with Gasteiger partial charge in [-0.1, -0.05) is 62.9 Å². The monoisotopic (exact) mass is 234 g/mol. The minimum Gasteiger partial charge on any atom is -0.373 e. The van der Waals surface area contributed by atoms with Crippen LogP contribution in [0.15, 0.2) is 30.3 Å². The van der Waals surface area contributed by atoms with E-state index in [1.165, 1.54) is 25.7 Å². The lowest BCUT2D eigenvalue weighted by atomic mass is 10.1. The van der Waals surface area contributed by atoms with Gasteiger partial charge in [0.25, 0.3) is 0 Å². The van der Waals surface area contributed by atoms with E-state index in [-0.39, 0.29) is 12.4 Å². The Kier molecular flexibility index (Phi) is 7.32. The largest absolute Gasteiger partial charge is 0.373 e. The fraction of sp³-hybridized carbons (Fsp3) is 0.533. The zero-order valence-electron chi connectivity index (χ0n) is 10.7. The number of unbranched alkanes of at least 4 members (excludes halogenated alkanes) is 4. The summed E-state index contributed by atoms with van der Waals surface area (Å²) in [6.07, 6.45) is 6.08. The van der Waals surface area contributed by atoms with Crippen LogP contribution >= 0.6 is 0 Å². The summed E-state index contributed by atoms with van der Waals surface area (Å²) in [6, 6.07) is 9.31. The SMILES string of the molecule is CCCCCCCOCC(=O)c1ccccc1. The third-order valence-corrected chi connectivity index (χ3v) is 2.72. The Morgan fingerprint density at radius 2 is 1.76 bits per heavy atom. The summed E-state index contributed by atoms with van der Waals surface area (Å²) in [5.74, 6) is 0.0687. The highest BCUT2D eigenvalue weighted by molar-refractivity contribution is 5.96. The Balaban J connectivity index is 2.05. The number of carbonyl (C=O) groups is 1. The van der Waals surface area contributed by atoms with Crippen LogP contribution in [-0.4, -0.2) is 19.0 Å². The van der Waals surface area contributed by atoms with E-state index in [0.717, 1.165) is 12.0 Å². The average Bonchev–Trinajstić information content (AvgIpc) is 2.38. The number of Topliss-reactive ketones (excluding diaryl/α,β-unsaturated/α-hetero) is 1. The third kappa shape index (κ3) is 6.22. The first-order valence-electron chi connectivity index (χ1n) is 6.50. The number of hydrogen-bond donors (Lipinski definition) is 0. The molecule has 0 atom stereocenters. The molecule has 0 N–H and O–H groups in total. The molecule has 1 aromatic carbocycles. The van der Waals surface area contributed by atoms with E-state index < -0.39 is 0 Å². The predicted octanol–water partition coefficient (Wildman–Crippen LogP) is 3.86. The Bertz CT molecular complexity index is 306. The van der Waals surface area contributed by atoms with Crippen LogP contribution in [0.1, 0.15) is 49.4 Å². The highest BCUT2D eigenvalue weighted by Crippen LogP contribution is 2.03. The van der Waals surface area contributed by atoms with Crippen LogP contribution < -0.4 is 0 Å². The number of ketones is 1. The third-order valence-electron chi connectivity index (χ3n) is 2.72. The van der Waals surface area contributed by atoms with Crippen LogP contribution in [0.3, 0.4) is 0 Å². The fourth-order valence-electron chi connectivity index (χ4n) is 1.68. The van der Waals surface area contributed by atoms with Crippen LogP contribution in [0.2, 0.25) is 0 Å². The molecular formula is C15H22O2. The first-order valence-corrected chi connectivity index (χ1v) is 6.50. The molecule has 17 heavy (non-hydrogen) atoms. The first kappa shape index (κ1) is 13.9. The topological polar surface area (TPSA) is 26.3 Å². The fourth-order valence-corrected chi connectivity index (χ4v) is 1.68. The summed E-state index contributed by atoms with van der Waals surface area (Å²) in [5.41, 5.74) is 0.735. The van der Waals surface area contributed by atoms with Gasteiger partial charge in [-0.15, -0.1) is 0 Å². The minimum absolute atomic E-state index is 0.0687. The van der Waals surface area contributed by atoms with Crippen molar-refractivity contribution in [3.05, 3.63) is 35.9 Å². The summed E-state index contributed by atoms with van der Waals surface area (Å²) in [5, 5.41) is 0. The number of rotatable bonds is 9. The molecule has 1 aromatic rings. The molecule has 94 valence electrons. The molecule has 0 heterocycles. The summed E-state index contributed by atoms with van der Waals surface area (Å²) in [4.78, 5) is 11.7. The lowest BCUT2D eigenvalue weighted by molar-refractivity contribution is 0.0752. The molecule has 0 aliphatic heterocycles. The van der Waals surface area contributed by atoms with Gasteiger partial charge < -0.3 is 4.74 Å². The molecule has 0 saturated heterocycles. The molecule has 0 bridgehead atoms. The van der Waals surface area contributed by atoms with Gasteiger partial charge in [-0.25, -0.2) is 0 Å². The molecule has 0 radical (unpaired) electrons. The van der Waals surface area contributed by atoms with Crippen molar-refractivity contribution in [3.8, 4) is 0 Å². The van der Waals surface area contributed by atoms with E-state index in [1.54, 1.807) is 0 Å². The van der Waals surface area contributed by atoms with Crippen molar-refractivity contribution in [3.63, 3.8) is 0 Å². The maximum Gasteiger partial charge on any atom is 0.188 e. The van der Waals surface area contributed by atoms with Crippen molar-refractivity contribution in [1.82, 2.24) is 0 Å². The van der Waals surface area contributed by atoms with Crippen molar-refractivity contribution in [2.45, 2.75) is 39.0 Å². The molecule has 0 saturated carbocycles.